The first-order valence-electron chi connectivity index (χ1n) is 4.40. The summed E-state index contributed by atoms with van der Waals surface area (Å²) < 4.78 is 0. The van der Waals surface area contributed by atoms with Crippen molar-refractivity contribution in [3.63, 3.8) is 0 Å². The first-order valence-corrected chi connectivity index (χ1v) is 4.40. The normalized spacial score (nSPS) is 17.1. The summed E-state index contributed by atoms with van der Waals surface area (Å²) in [7, 11) is 0. The zero-order chi connectivity index (χ0) is 9.10. The lowest BCUT2D eigenvalue weighted by Crippen LogP contribution is -1.92. The second-order valence-electron chi connectivity index (χ2n) is 3.11. The summed E-state index contributed by atoms with van der Waals surface area (Å²) in [6.45, 7) is 3.37. The van der Waals surface area contributed by atoms with Gasteiger partial charge in [0.2, 0.25) is 0 Å². The first kappa shape index (κ1) is 8.05. The van der Waals surface area contributed by atoms with E-state index in [9.17, 15) is 0 Å². The largest absolute Gasteiger partial charge is 0.286 e. The molecule has 1 aromatic carbocycles. The zero-order valence-corrected chi connectivity index (χ0v) is 7.46. The third kappa shape index (κ3) is 1.47. The highest BCUT2D eigenvalue weighted by atomic mass is 15.3. The Morgan fingerprint density at radius 1 is 1.31 bits per heavy atom. The summed E-state index contributed by atoms with van der Waals surface area (Å²) in [6.07, 6.45) is 4.17. The molecule has 0 atom stereocenters. The Hall–Kier alpha value is -1.57. The highest BCUT2D eigenvalue weighted by molar-refractivity contribution is 5.72. The van der Waals surface area contributed by atoms with Gasteiger partial charge in [0.25, 0.3) is 0 Å². The second-order valence-corrected chi connectivity index (χ2v) is 3.11. The maximum absolute atomic E-state index is 3.60. The van der Waals surface area contributed by atoms with Crippen molar-refractivity contribution in [2.75, 3.05) is 0 Å². The lowest BCUT2D eigenvalue weighted by molar-refractivity contribution is 0.972. The number of nitrogens with one attached hydrogen (secondary N) is 1. The number of benzene rings is 1. The minimum absolute atomic E-state index is 1.10. The fraction of sp³-hybridized carbons (Fsp3) is 0.182. The Labute approximate surface area is 78.0 Å². The predicted molar refractivity (Wildman–Crippen MR) is 55.4 cm³/mol. The van der Waals surface area contributed by atoms with Crippen LogP contribution in [0.5, 0.6) is 0 Å². The number of hydrogen-bond acceptors (Lipinski definition) is 2. The van der Waals surface area contributed by atoms with Crippen LogP contribution in [0.1, 0.15) is 17.5 Å². The second kappa shape index (κ2) is 3.44. The maximum atomic E-state index is 3.60. The highest BCUT2D eigenvalue weighted by Crippen LogP contribution is 2.30. The lowest BCUT2D eigenvalue weighted by atomic mass is 10.1. The van der Waals surface area contributed by atoms with Crippen LogP contribution in [0.25, 0.3) is 5.57 Å². The molecule has 1 aromatic rings. The molecule has 0 heterocycles. The fourth-order valence-corrected chi connectivity index (χ4v) is 1.73. The van der Waals surface area contributed by atoms with Crippen LogP contribution in [0, 0.1) is 0 Å². The fourth-order valence-electron chi connectivity index (χ4n) is 1.73. The van der Waals surface area contributed by atoms with Crippen molar-refractivity contribution in [2.45, 2.75) is 12.8 Å². The number of hydrazone groups is 1. The van der Waals surface area contributed by atoms with E-state index in [0.717, 1.165) is 12.8 Å². The third-order valence-corrected chi connectivity index (χ3v) is 2.36. The van der Waals surface area contributed by atoms with Crippen molar-refractivity contribution in [2.24, 2.45) is 5.10 Å². The summed E-state index contributed by atoms with van der Waals surface area (Å²) in [5.41, 5.74) is 6.88. The van der Waals surface area contributed by atoms with Crippen LogP contribution in [0.15, 0.2) is 35.6 Å². The van der Waals surface area contributed by atoms with Gasteiger partial charge < -0.3 is 0 Å². The number of fused-ring (bicyclic) bond motifs is 1. The van der Waals surface area contributed by atoms with Gasteiger partial charge in [-0.15, -0.1) is 0 Å². The number of allylic oxidation sites excluding steroid dienone is 1. The van der Waals surface area contributed by atoms with Crippen molar-refractivity contribution in [1.29, 1.82) is 0 Å². The standard InChI is InChI=1S/C11H12N2/c1-12-13-8-10-7-6-9-4-2-3-5-11(9)10/h2-5,8,13H,1,6-7H2/b10-8+. The molecule has 0 saturated heterocycles. The molecule has 66 valence electrons. The molecule has 0 bridgehead atoms. The van der Waals surface area contributed by atoms with Crippen LogP contribution in [-0.4, -0.2) is 6.72 Å². The van der Waals surface area contributed by atoms with E-state index < -0.39 is 0 Å². The van der Waals surface area contributed by atoms with E-state index in [2.05, 4.69) is 41.5 Å². The van der Waals surface area contributed by atoms with Crippen LogP contribution in [0.4, 0.5) is 0 Å². The van der Waals surface area contributed by atoms with Gasteiger partial charge in [0.1, 0.15) is 0 Å². The van der Waals surface area contributed by atoms with Crippen molar-refractivity contribution in [1.82, 2.24) is 5.43 Å². The summed E-state index contributed by atoms with van der Waals surface area (Å²) in [6, 6.07) is 8.48. The van der Waals surface area contributed by atoms with E-state index in [-0.39, 0.29) is 0 Å². The molecule has 0 amide bonds. The Morgan fingerprint density at radius 3 is 3.00 bits per heavy atom. The Balaban J connectivity index is 2.33. The Kier molecular flexibility index (Phi) is 2.13. The molecule has 0 unspecified atom stereocenters. The third-order valence-electron chi connectivity index (χ3n) is 2.36. The number of nitrogens with zero attached hydrogens (tertiary/aromatic N) is 1. The quantitative estimate of drug-likeness (QED) is 0.536. The van der Waals surface area contributed by atoms with Crippen LogP contribution in [-0.2, 0) is 6.42 Å². The average molecular weight is 172 g/mol. The van der Waals surface area contributed by atoms with E-state index >= 15 is 0 Å². The molecule has 13 heavy (non-hydrogen) atoms. The highest BCUT2D eigenvalue weighted by Gasteiger charge is 2.14. The lowest BCUT2D eigenvalue weighted by Gasteiger charge is -1.99. The summed E-state index contributed by atoms with van der Waals surface area (Å²) >= 11 is 0. The maximum Gasteiger partial charge on any atom is 0.0237 e. The van der Waals surface area contributed by atoms with Gasteiger partial charge in [-0.1, -0.05) is 24.3 Å². The van der Waals surface area contributed by atoms with E-state index in [1.54, 1.807) is 0 Å². The molecule has 2 heteroatoms. The van der Waals surface area contributed by atoms with Crippen LogP contribution >= 0.6 is 0 Å². The minimum atomic E-state index is 1.10. The monoisotopic (exact) mass is 172 g/mol. The smallest absolute Gasteiger partial charge is 0.0237 e. The summed E-state index contributed by atoms with van der Waals surface area (Å²) in [5.74, 6) is 0. The van der Waals surface area contributed by atoms with Gasteiger partial charge in [-0.05, 0) is 29.5 Å². The van der Waals surface area contributed by atoms with E-state index in [1.807, 2.05) is 6.20 Å². The molecule has 0 aliphatic heterocycles. The van der Waals surface area contributed by atoms with Crippen molar-refractivity contribution in [3.8, 4) is 0 Å². The topological polar surface area (TPSA) is 24.4 Å². The molecule has 0 spiro atoms. The Bertz CT molecular complexity index is 353. The number of hydrogen-bond donors (Lipinski definition) is 1. The van der Waals surface area contributed by atoms with Crippen molar-refractivity contribution in [3.05, 3.63) is 41.6 Å². The number of aryl methyl sites for hydroxylation is 1. The molecule has 1 aliphatic carbocycles. The van der Waals surface area contributed by atoms with Gasteiger partial charge in [-0.3, -0.25) is 5.43 Å². The van der Waals surface area contributed by atoms with E-state index in [1.165, 1.54) is 16.7 Å². The predicted octanol–water partition coefficient (Wildman–Crippen LogP) is 2.18. The van der Waals surface area contributed by atoms with Gasteiger partial charge in [0.15, 0.2) is 0 Å². The van der Waals surface area contributed by atoms with Gasteiger partial charge in [-0.25, -0.2) is 0 Å². The Morgan fingerprint density at radius 2 is 2.15 bits per heavy atom. The van der Waals surface area contributed by atoms with Gasteiger partial charge in [0.05, 0.1) is 0 Å². The van der Waals surface area contributed by atoms with Crippen molar-refractivity contribution >= 4 is 12.3 Å². The molecule has 0 fully saturated rings. The molecule has 2 rings (SSSR count). The van der Waals surface area contributed by atoms with Gasteiger partial charge in [0, 0.05) is 12.9 Å². The molecule has 0 radical (unpaired) electrons. The molecule has 0 saturated carbocycles. The molecule has 1 aliphatic rings. The van der Waals surface area contributed by atoms with E-state index in [0.29, 0.717) is 0 Å². The zero-order valence-electron chi connectivity index (χ0n) is 7.46. The summed E-state index contributed by atoms with van der Waals surface area (Å²) in [5, 5.41) is 3.60. The molecule has 2 nitrogen and oxygen atoms in total. The van der Waals surface area contributed by atoms with E-state index in [4.69, 9.17) is 0 Å². The van der Waals surface area contributed by atoms with Crippen LogP contribution < -0.4 is 5.43 Å². The molecular formula is C11H12N2. The molecule has 0 aromatic heterocycles. The van der Waals surface area contributed by atoms with Crippen LogP contribution in [0.2, 0.25) is 0 Å². The first-order chi connectivity index (χ1) is 6.42. The van der Waals surface area contributed by atoms with Gasteiger partial charge >= 0.3 is 0 Å². The average Bonchev–Trinajstić information content (AvgIpc) is 2.58. The van der Waals surface area contributed by atoms with Gasteiger partial charge in [-0.2, -0.15) is 5.10 Å². The summed E-state index contributed by atoms with van der Waals surface area (Å²) in [4.78, 5) is 0. The SMILES string of the molecule is C=NN/C=C1\CCc2ccccc21. The minimum Gasteiger partial charge on any atom is -0.286 e. The van der Waals surface area contributed by atoms with Crippen LogP contribution in [0.3, 0.4) is 0 Å². The van der Waals surface area contributed by atoms with Crippen molar-refractivity contribution < 1.29 is 0 Å². The molecular weight excluding hydrogens is 160 g/mol. The molecule has 1 N–H and O–H groups in total. The number of rotatable bonds is 2.